The molecule has 88 valence electrons. The van der Waals surface area contributed by atoms with Crippen molar-refractivity contribution in [1.82, 2.24) is 4.98 Å². The molecule has 0 aliphatic heterocycles. The summed E-state index contributed by atoms with van der Waals surface area (Å²) in [6, 6.07) is 16.1. The Morgan fingerprint density at radius 1 is 0.944 bits per heavy atom. The Morgan fingerprint density at radius 3 is 2.61 bits per heavy atom. The zero-order chi connectivity index (χ0) is 12.5. The highest BCUT2D eigenvalue weighted by Gasteiger charge is 2.07. The second-order valence-electron chi connectivity index (χ2n) is 4.01. The van der Waals surface area contributed by atoms with Crippen LogP contribution in [0.25, 0.3) is 22.2 Å². The topological polar surface area (TPSA) is 12.9 Å². The average molecular weight is 258 g/mol. The van der Waals surface area contributed by atoms with E-state index < -0.39 is 0 Å². The van der Waals surface area contributed by atoms with Gasteiger partial charge in [0.25, 0.3) is 0 Å². The lowest BCUT2D eigenvalue weighted by Gasteiger charge is -2.04. The van der Waals surface area contributed by atoms with E-state index in [9.17, 15) is 4.39 Å². The zero-order valence-electron chi connectivity index (χ0n) is 9.40. The Morgan fingerprint density at radius 2 is 1.78 bits per heavy atom. The first-order chi connectivity index (χ1) is 8.74. The molecule has 0 atom stereocenters. The van der Waals surface area contributed by atoms with Crippen LogP contribution in [0.3, 0.4) is 0 Å². The lowest BCUT2D eigenvalue weighted by atomic mass is 10.1. The quantitative estimate of drug-likeness (QED) is 0.616. The summed E-state index contributed by atoms with van der Waals surface area (Å²) in [5.74, 6) is -0.356. The third kappa shape index (κ3) is 1.95. The number of halogens is 2. The summed E-state index contributed by atoms with van der Waals surface area (Å²) in [6.07, 6.45) is 0. The van der Waals surface area contributed by atoms with Crippen LogP contribution in [0.1, 0.15) is 0 Å². The highest BCUT2D eigenvalue weighted by atomic mass is 35.5. The van der Waals surface area contributed by atoms with Gasteiger partial charge in [0.15, 0.2) is 0 Å². The standard InChI is InChI=1S/C15H9ClFN/c16-11-6-7-12(13(17)9-11)15-8-5-10-3-1-2-4-14(10)18-15/h1-9H. The highest BCUT2D eigenvalue weighted by Crippen LogP contribution is 2.25. The molecule has 0 aliphatic carbocycles. The molecule has 0 saturated heterocycles. The largest absolute Gasteiger partial charge is 0.248 e. The van der Waals surface area contributed by atoms with Crippen LogP contribution in [0.15, 0.2) is 54.6 Å². The molecule has 3 aromatic rings. The van der Waals surface area contributed by atoms with Crippen LogP contribution < -0.4 is 0 Å². The maximum absolute atomic E-state index is 13.8. The summed E-state index contributed by atoms with van der Waals surface area (Å²) in [7, 11) is 0. The molecule has 0 fully saturated rings. The molecule has 1 heterocycles. The number of para-hydroxylation sites is 1. The molecule has 0 saturated carbocycles. The van der Waals surface area contributed by atoms with Crippen LogP contribution in [0.2, 0.25) is 5.02 Å². The van der Waals surface area contributed by atoms with E-state index in [1.54, 1.807) is 12.1 Å². The maximum atomic E-state index is 13.8. The Labute approximate surface area is 109 Å². The van der Waals surface area contributed by atoms with Crippen LogP contribution in [-0.2, 0) is 0 Å². The van der Waals surface area contributed by atoms with Crippen molar-refractivity contribution in [2.24, 2.45) is 0 Å². The number of pyridine rings is 1. The van der Waals surface area contributed by atoms with Gasteiger partial charge in [0, 0.05) is 16.0 Å². The van der Waals surface area contributed by atoms with Gasteiger partial charge in [0.2, 0.25) is 0 Å². The first-order valence-electron chi connectivity index (χ1n) is 5.55. The normalized spacial score (nSPS) is 10.8. The summed E-state index contributed by atoms with van der Waals surface area (Å²) < 4.78 is 13.8. The van der Waals surface area contributed by atoms with Gasteiger partial charge in [-0.05, 0) is 30.3 Å². The van der Waals surface area contributed by atoms with E-state index in [-0.39, 0.29) is 5.82 Å². The third-order valence-corrected chi connectivity index (χ3v) is 3.04. The second-order valence-corrected chi connectivity index (χ2v) is 4.45. The molecular weight excluding hydrogens is 249 g/mol. The highest BCUT2D eigenvalue weighted by molar-refractivity contribution is 6.30. The van der Waals surface area contributed by atoms with Crippen LogP contribution in [0.4, 0.5) is 4.39 Å². The van der Waals surface area contributed by atoms with E-state index >= 15 is 0 Å². The average Bonchev–Trinajstić information content (AvgIpc) is 2.38. The number of aromatic nitrogens is 1. The number of nitrogens with zero attached hydrogens (tertiary/aromatic N) is 1. The van der Waals surface area contributed by atoms with Crippen LogP contribution in [0.5, 0.6) is 0 Å². The molecule has 0 bridgehead atoms. The lowest BCUT2D eigenvalue weighted by molar-refractivity contribution is 0.631. The van der Waals surface area contributed by atoms with Gasteiger partial charge in [-0.3, -0.25) is 0 Å². The molecule has 1 nitrogen and oxygen atoms in total. The molecule has 0 unspecified atom stereocenters. The van der Waals surface area contributed by atoms with Gasteiger partial charge in [-0.25, -0.2) is 9.37 Å². The maximum Gasteiger partial charge on any atom is 0.134 e. The molecule has 0 N–H and O–H groups in total. The number of hydrogen-bond donors (Lipinski definition) is 0. The van der Waals surface area contributed by atoms with E-state index in [0.717, 1.165) is 10.9 Å². The molecule has 0 spiro atoms. The van der Waals surface area contributed by atoms with E-state index in [1.165, 1.54) is 6.07 Å². The summed E-state index contributed by atoms with van der Waals surface area (Å²) in [6.45, 7) is 0. The fraction of sp³-hybridized carbons (Fsp3) is 0. The molecular formula is C15H9ClFN. The van der Waals surface area contributed by atoms with E-state index in [1.807, 2.05) is 36.4 Å². The molecule has 3 heteroatoms. The van der Waals surface area contributed by atoms with Crippen molar-refractivity contribution in [2.45, 2.75) is 0 Å². The molecule has 0 aliphatic rings. The van der Waals surface area contributed by atoms with Crippen molar-refractivity contribution in [1.29, 1.82) is 0 Å². The Bertz CT molecular complexity index is 725. The Hall–Kier alpha value is -1.93. The predicted octanol–water partition coefficient (Wildman–Crippen LogP) is 4.69. The fourth-order valence-electron chi connectivity index (χ4n) is 1.91. The molecule has 0 amide bonds. The molecule has 2 aromatic carbocycles. The minimum Gasteiger partial charge on any atom is -0.248 e. The SMILES string of the molecule is Fc1cc(Cl)ccc1-c1ccc2ccccc2n1. The van der Waals surface area contributed by atoms with Gasteiger partial charge >= 0.3 is 0 Å². The van der Waals surface area contributed by atoms with Crippen molar-refractivity contribution in [2.75, 3.05) is 0 Å². The van der Waals surface area contributed by atoms with E-state index in [4.69, 9.17) is 11.6 Å². The van der Waals surface area contributed by atoms with Crippen molar-refractivity contribution in [3.05, 3.63) is 65.4 Å². The van der Waals surface area contributed by atoms with Crippen molar-refractivity contribution >= 4 is 22.5 Å². The number of fused-ring (bicyclic) bond motifs is 1. The Balaban J connectivity index is 2.19. The summed E-state index contributed by atoms with van der Waals surface area (Å²) >= 11 is 5.74. The lowest BCUT2D eigenvalue weighted by Crippen LogP contribution is -1.88. The van der Waals surface area contributed by atoms with Gasteiger partial charge in [-0.1, -0.05) is 35.9 Å². The number of benzene rings is 2. The van der Waals surface area contributed by atoms with Gasteiger partial charge < -0.3 is 0 Å². The molecule has 1 aromatic heterocycles. The van der Waals surface area contributed by atoms with Gasteiger partial charge in [0.1, 0.15) is 5.82 Å². The summed E-state index contributed by atoms with van der Waals surface area (Å²) in [4.78, 5) is 4.45. The Kier molecular flexibility index (Phi) is 2.73. The second kappa shape index (κ2) is 4.39. The minimum absolute atomic E-state index is 0.356. The van der Waals surface area contributed by atoms with Crippen LogP contribution in [-0.4, -0.2) is 4.98 Å². The fourth-order valence-corrected chi connectivity index (χ4v) is 2.07. The zero-order valence-corrected chi connectivity index (χ0v) is 10.2. The van der Waals surface area contributed by atoms with Gasteiger partial charge in [-0.15, -0.1) is 0 Å². The van der Waals surface area contributed by atoms with Gasteiger partial charge in [-0.2, -0.15) is 0 Å². The smallest absolute Gasteiger partial charge is 0.134 e. The van der Waals surface area contributed by atoms with Crippen molar-refractivity contribution in [3.8, 4) is 11.3 Å². The molecule has 3 rings (SSSR count). The van der Waals surface area contributed by atoms with Crippen LogP contribution >= 0.6 is 11.6 Å². The summed E-state index contributed by atoms with van der Waals surface area (Å²) in [5.41, 5.74) is 1.93. The summed E-state index contributed by atoms with van der Waals surface area (Å²) in [5, 5.41) is 1.42. The van der Waals surface area contributed by atoms with Crippen molar-refractivity contribution < 1.29 is 4.39 Å². The van der Waals surface area contributed by atoms with E-state index in [0.29, 0.717) is 16.3 Å². The molecule has 0 radical (unpaired) electrons. The monoisotopic (exact) mass is 257 g/mol. The van der Waals surface area contributed by atoms with E-state index in [2.05, 4.69) is 4.98 Å². The van der Waals surface area contributed by atoms with Crippen LogP contribution in [0, 0.1) is 5.82 Å². The predicted molar refractivity (Wildman–Crippen MR) is 72.1 cm³/mol. The first-order valence-corrected chi connectivity index (χ1v) is 5.93. The van der Waals surface area contributed by atoms with Gasteiger partial charge in [0.05, 0.1) is 11.2 Å². The first kappa shape index (κ1) is 11.2. The number of rotatable bonds is 1. The molecule has 18 heavy (non-hydrogen) atoms. The third-order valence-electron chi connectivity index (χ3n) is 2.81. The minimum atomic E-state index is -0.356. The number of hydrogen-bond acceptors (Lipinski definition) is 1. The van der Waals surface area contributed by atoms with Crippen molar-refractivity contribution in [3.63, 3.8) is 0 Å².